The maximum absolute atomic E-state index is 3.45. The molecule has 0 rings (SSSR count). The Morgan fingerprint density at radius 2 is 1.19 bits per heavy atom. The van der Waals surface area contributed by atoms with Crippen LogP contribution in [0.4, 0.5) is 0 Å². The van der Waals surface area contributed by atoms with E-state index in [4.69, 9.17) is 0 Å². The van der Waals surface area contributed by atoms with Crippen molar-refractivity contribution in [2.24, 2.45) is 0 Å². The van der Waals surface area contributed by atoms with Crippen LogP contribution in [0.15, 0.2) is 12.2 Å². The zero-order valence-corrected chi connectivity index (χ0v) is 12.6. The van der Waals surface area contributed by atoms with E-state index in [1.165, 1.54) is 70.6 Å². The second-order valence-electron chi connectivity index (χ2n) is 4.57. The topological polar surface area (TPSA) is 0 Å². The molecule has 0 bridgehead atoms. The normalized spacial score (nSPS) is 11.4. The summed E-state index contributed by atoms with van der Waals surface area (Å²) in [5.74, 6) is 0. The fourth-order valence-electron chi connectivity index (χ4n) is 1.81. The predicted molar refractivity (Wildman–Crippen MR) is 79.4 cm³/mol. The molecule has 16 heavy (non-hydrogen) atoms. The van der Waals surface area contributed by atoms with E-state index in [1.807, 2.05) is 0 Å². The van der Waals surface area contributed by atoms with Crippen LogP contribution in [-0.2, 0) is 0 Å². The lowest BCUT2D eigenvalue weighted by atomic mass is 10.1. The lowest BCUT2D eigenvalue weighted by molar-refractivity contribution is 0.592. The molecule has 0 N–H and O–H groups in total. The van der Waals surface area contributed by atoms with Crippen molar-refractivity contribution in [2.45, 2.75) is 77.6 Å². The lowest BCUT2D eigenvalue weighted by Gasteiger charge is -1.98. The van der Waals surface area contributed by atoms with E-state index < -0.39 is 0 Å². The van der Waals surface area contributed by atoms with Crippen molar-refractivity contribution in [3.63, 3.8) is 0 Å². The number of hydrogen-bond acceptors (Lipinski definition) is 0. The highest BCUT2D eigenvalue weighted by atomic mass is 79.9. The van der Waals surface area contributed by atoms with Gasteiger partial charge in [0.1, 0.15) is 0 Å². The van der Waals surface area contributed by atoms with Crippen molar-refractivity contribution in [2.75, 3.05) is 5.33 Å². The Morgan fingerprint density at radius 1 is 0.688 bits per heavy atom. The van der Waals surface area contributed by atoms with E-state index in [-0.39, 0.29) is 0 Å². The molecule has 1 heteroatoms. The third kappa shape index (κ3) is 14.2. The number of rotatable bonds is 12. The van der Waals surface area contributed by atoms with Crippen LogP contribution < -0.4 is 0 Å². The average molecular weight is 289 g/mol. The van der Waals surface area contributed by atoms with E-state index in [2.05, 4.69) is 35.0 Å². The van der Waals surface area contributed by atoms with Crippen LogP contribution in [-0.4, -0.2) is 5.33 Å². The first-order valence-electron chi connectivity index (χ1n) is 7.12. The standard InChI is InChI=1S/C15H29Br/c1-2-3-4-5-6-7-8-9-10-11-12-13-14-15-16/h10-11H,2-9,12-15H2,1H3/b11-10-. The molecule has 0 heterocycles. The fraction of sp³-hybridized carbons (Fsp3) is 0.867. The Morgan fingerprint density at radius 3 is 1.75 bits per heavy atom. The Bertz CT molecular complexity index is 140. The quantitative estimate of drug-likeness (QED) is 0.226. The monoisotopic (exact) mass is 288 g/mol. The van der Waals surface area contributed by atoms with Crippen molar-refractivity contribution in [3.8, 4) is 0 Å². The number of halogens is 1. The van der Waals surface area contributed by atoms with E-state index >= 15 is 0 Å². The highest BCUT2D eigenvalue weighted by Crippen LogP contribution is 2.09. The summed E-state index contributed by atoms with van der Waals surface area (Å²) >= 11 is 3.45. The minimum absolute atomic E-state index is 1.15. The highest BCUT2D eigenvalue weighted by Gasteiger charge is 1.89. The molecule has 0 aliphatic rings. The summed E-state index contributed by atoms with van der Waals surface area (Å²) in [6.07, 6.45) is 19.9. The van der Waals surface area contributed by atoms with E-state index in [0.29, 0.717) is 0 Å². The van der Waals surface area contributed by atoms with Crippen LogP contribution in [0.3, 0.4) is 0 Å². The molecule has 0 nitrogen and oxygen atoms in total. The van der Waals surface area contributed by atoms with Crippen LogP contribution in [0.5, 0.6) is 0 Å². The fourth-order valence-corrected chi connectivity index (χ4v) is 2.21. The van der Waals surface area contributed by atoms with Crippen molar-refractivity contribution >= 4 is 15.9 Å². The molecule has 0 aromatic heterocycles. The van der Waals surface area contributed by atoms with Gasteiger partial charge in [-0.1, -0.05) is 73.5 Å². The van der Waals surface area contributed by atoms with Gasteiger partial charge >= 0.3 is 0 Å². The minimum Gasteiger partial charge on any atom is -0.0928 e. The van der Waals surface area contributed by atoms with Gasteiger partial charge in [0.2, 0.25) is 0 Å². The third-order valence-corrected chi connectivity index (χ3v) is 3.46. The summed E-state index contributed by atoms with van der Waals surface area (Å²) in [6.45, 7) is 2.28. The smallest absolute Gasteiger partial charge is 0.00314 e. The molecule has 0 atom stereocenters. The van der Waals surface area contributed by atoms with Gasteiger partial charge in [-0.15, -0.1) is 0 Å². The maximum Gasteiger partial charge on any atom is 0.00314 e. The SMILES string of the molecule is CCCCCCCCC/C=C\CCCCBr. The summed E-state index contributed by atoms with van der Waals surface area (Å²) < 4.78 is 0. The summed E-state index contributed by atoms with van der Waals surface area (Å²) in [7, 11) is 0. The van der Waals surface area contributed by atoms with Gasteiger partial charge in [0.25, 0.3) is 0 Å². The molecule has 0 aliphatic carbocycles. The number of hydrogen-bond donors (Lipinski definition) is 0. The van der Waals surface area contributed by atoms with Gasteiger partial charge in [0.05, 0.1) is 0 Å². The zero-order valence-electron chi connectivity index (χ0n) is 11.0. The first-order chi connectivity index (χ1) is 7.91. The lowest BCUT2D eigenvalue weighted by Crippen LogP contribution is -1.79. The molecule has 0 saturated heterocycles. The molecule has 0 saturated carbocycles. The Kier molecular flexibility index (Phi) is 15.4. The molecule has 0 aromatic rings. The molecule has 96 valence electrons. The molecule has 0 unspecified atom stereocenters. The van der Waals surface area contributed by atoms with E-state index in [9.17, 15) is 0 Å². The molecule has 0 aromatic carbocycles. The molecule has 0 fully saturated rings. The molecule has 0 amide bonds. The van der Waals surface area contributed by atoms with Crippen LogP contribution >= 0.6 is 15.9 Å². The summed E-state index contributed by atoms with van der Waals surface area (Å²) in [5, 5.41) is 1.15. The van der Waals surface area contributed by atoms with Gasteiger partial charge in [0, 0.05) is 5.33 Å². The first-order valence-corrected chi connectivity index (χ1v) is 8.25. The second kappa shape index (κ2) is 15.2. The Hall–Kier alpha value is 0.220. The maximum atomic E-state index is 3.45. The summed E-state index contributed by atoms with van der Waals surface area (Å²) in [4.78, 5) is 0. The van der Waals surface area contributed by atoms with Gasteiger partial charge in [-0.2, -0.15) is 0 Å². The van der Waals surface area contributed by atoms with Crippen molar-refractivity contribution in [1.29, 1.82) is 0 Å². The molecule has 0 spiro atoms. The predicted octanol–water partition coefficient (Wildman–Crippen LogP) is 6.25. The van der Waals surface area contributed by atoms with Crippen LogP contribution in [0.25, 0.3) is 0 Å². The zero-order chi connectivity index (χ0) is 11.9. The average Bonchev–Trinajstić information content (AvgIpc) is 2.31. The first kappa shape index (κ1) is 16.2. The minimum atomic E-state index is 1.15. The van der Waals surface area contributed by atoms with Crippen molar-refractivity contribution < 1.29 is 0 Å². The third-order valence-electron chi connectivity index (χ3n) is 2.90. The Balaban J connectivity index is 2.97. The van der Waals surface area contributed by atoms with E-state index in [1.54, 1.807) is 0 Å². The molecular weight excluding hydrogens is 260 g/mol. The molecule has 0 aliphatic heterocycles. The van der Waals surface area contributed by atoms with Crippen LogP contribution in [0.1, 0.15) is 77.6 Å². The van der Waals surface area contributed by atoms with Gasteiger partial charge in [-0.05, 0) is 32.1 Å². The Labute approximate surface area is 111 Å². The number of allylic oxidation sites excluding steroid dienone is 2. The van der Waals surface area contributed by atoms with Crippen LogP contribution in [0, 0.1) is 0 Å². The summed E-state index contributed by atoms with van der Waals surface area (Å²) in [6, 6.07) is 0. The molecular formula is C15H29Br. The number of unbranched alkanes of at least 4 members (excludes halogenated alkanes) is 9. The van der Waals surface area contributed by atoms with Gasteiger partial charge < -0.3 is 0 Å². The van der Waals surface area contributed by atoms with Crippen molar-refractivity contribution in [1.82, 2.24) is 0 Å². The summed E-state index contributed by atoms with van der Waals surface area (Å²) in [5.41, 5.74) is 0. The van der Waals surface area contributed by atoms with E-state index in [0.717, 1.165) is 5.33 Å². The number of alkyl halides is 1. The highest BCUT2D eigenvalue weighted by molar-refractivity contribution is 9.09. The largest absolute Gasteiger partial charge is 0.0928 e. The second-order valence-corrected chi connectivity index (χ2v) is 5.36. The van der Waals surface area contributed by atoms with Crippen molar-refractivity contribution in [3.05, 3.63) is 12.2 Å². The van der Waals surface area contributed by atoms with Gasteiger partial charge in [-0.25, -0.2) is 0 Å². The van der Waals surface area contributed by atoms with Gasteiger partial charge in [0.15, 0.2) is 0 Å². The molecule has 0 radical (unpaired) electrons. The van der Waals surface area contributed by atoms with Gasteiger partial charge in [-0.3, -0.25) is 0 Å². The van der Waals surface area contributed by atoms with Crippen LogP contribution in [0.2, 0.25) is 0 Å².